The molecule has 0 saturated heterocycles. The third-order valence-corrected chi connectivity index (χ3v) is 7.07. The van der Waals surface area contributed by atoms with E-state index in [1.54, 1.807) is 18.3 Å². The molecule has 2 heterocycles. The average Bonchev–Trinajstić information content (AvgIpc) is 3.07. The Morgan fingerprint density at radius 3 is 2.64 bits per heavy atom. The first-order valence-electron chi connectivity index (χ1n) is 9.84. The van der Waals surface area contributed by atoms with Crippen LogP contribution in [0.4, 0.5) is 0 Å². The fourth-order valence-electron chi connectivity index (χ4n) is 3.95. The molecule has 0 bridgehead atoms. The van der Waals surface area contributed by atoms with E-state index in [2.05, 4.69) is 19.3 Å². The second kappa shape index (κ2) is 7.64. The molecule has 1 aromatic carbocycles. The summed E-state index contributed by atoms with van der Waals surface area (Å²) in [4.78, 5) is 9.50. The summed E-state index contributed by atoms with van der Waals surface area (Å²) < 4.78 is 30.5. The Kier molecular flexibility index (Phi) is 5.21. The smallest absolute Gasteiger partial charge is 0.240 e. The molecular weight excluding hydrogens is 372 g/mol. The molecule has 3 aromatic rings. The number of imidazole rings is 1. The molecule has 0 unspecified atom stereocenters. The van der Waals surface area contributed by atoms with Crippen molar-refractivity contribution in [3.8, 4) is 0 Å². The fourth-order valence-corrected chi connectivity index (χ4v) is 5.01. The number of hydrogen-bond acceptors (Lipinski definition) is 4. The van der Waals surface area contributed by atoms with Gasteiger partial charge in [-0.25, -0.2) is 23.1 Å². The number of benzene rings is 1. The number of aromatic nitrogens is 3. The molecule has 2 aromatic heterocycles. The zero-order chi connectivity index (χ0) is 19.7. The van der Waals surface area contributed by atoms with Gasteiger partial charge in [0.25, 0.3) is 0 Å². The van der Waals surface area contributed by atoms with Crippen LogP contribution in [0, 0.1) is 13.8 Å². The lowest BCUT2D eigenvalue weighted by atomic mass is 9.95. The minimum Gasteiger partial charge on any atom is -0.308 e. The quantitative estimate of drug-likeness (QED) is 0.704. The van der Waals surface area contributed by atoms with Crippen LogP contribution in [0.25, 0.3) is 11.2 Å². The lowest BCUT2D eigenvalue weighted by molar-refractivity contribution is 0.350. The molecule has 0 spiro atoms. The van der Waals surface area contributed by atoms with Gasteiger partial charge in [0.05, 0.1) is 11.4 Å². The normalized spacial score (nSPS) is 15.9. The van der Waals surface area contributed by atoms with E-state index in [0.29, 0.717) is 6.04 Å². The maximum absolute atomic E-state index is 12.8. The highest BCUT2D eigenvalue weighted by molar-refractivity contribution is 7.89. The van der Waals surface area contributed by atoms with E-state index in [1.807, 2.05) is 32.0 Å². The third-order valence-electron chi connectivity index (χ3n) is 5.67. The Morgan fingerprint density at radius 2 is 1.89 bits per heavy atom. The maximum Gasteiger partial charge on any atom is 0.240 e. The standard InChI is InChI=1S/C21H26N4O2S/c1-15-10-11-18(13-16(15)2)28(26,27)23-14-20-24-19-9-6-12-22-21(19)25(20)17-7-4-3-5-8-17/h6,9-13,17,23H,3-5,7-8,14H2,1-2H3. The van der Waals surface area contributed by atoms with Gasteiger partial charge in [-0.1, -0.05) is 25.3 Å². The molecule has 28 heavy (non-hydrogen) atoms. The number of rotatable bonds is 5. The molecule has 7 heteroatoms. The van der Waals surface area contributed by atoms with Crippen LogP contribution in [-0.2, 0) is 16.6 Å². The summed E-state index contributed by atoms with van der Waals surface area (Å²) in [7, 11) is -3.61. The maximum atomic E-state index is 12.8. The van der Waals surface area contributed by atoms with Crippen LogP contribution in [0.1, 0.15) is 55.1 Å². The van der Waals surface area contributed by atoms with E-state index < -0.39 is 10.0 Å². The molecule has 1 saturated carbocycles. The van der Waals surface area contributed by atoms with Gasteiger partial charge >= 0.3 is 0 Å². The molecule has 0 amide bonds. The predicted molar refractivity (Wildman–Crippen MR) is 110 cm³/mol. The van der Waals surface area contributed by atoms with E-state index >= 15 is 0 Å². The highest BCUT2D eigenvalue weighted by atomic mass is 32.2. The van der Waals surface area contributed by atoms with Crippen LogP contribution in [-0.4, -0.2) is 23.0 Å². The minimum atomic E-state index is -3.61. The summed E-state index contributed by atoms with van der Waals surface area (Å²) in [5.41, 5.74) is 3.69. The van der Waals surface area contributed by atoms with Crippen molar-refractivity contribution in [3.63, 3.8) is 0 Å². The lowest BCUT2D eigenvalue weighted by Gasteiger charge is -2.25. The van der Waals surface area contributed by atoms with Crippen molar-refractivity contribution in [2.24, 2.45) is 0 Å². The second-order valence-corrected chi connectivity index (χ2v) is 9.37. The Bertz CT molecular complexity index is 1100. The topological polar surface area (TPSA) is 76.9 Å². The van der Waals surface area contributed by atoms with Crippen LogP contribution in [0.3, 0.4) is 0 Å². The van der Waals surface area contributed by atoms with Gasteiger partial charge in [-0.05, 0) is 62.1 Å². The number of nitrogens with zero attached hydrogens (tertiary/aromatic N) is 3. The van der Waals surface area contributed by atoms with Crippen molar-refractivity contribution < 1.29 is 8.42 Å². The Labute approximate surface area is 166 Å². The number of pyridine rings is 1. The van der Waals surface area contributed by atoms with Gasteiger partial charge in [0.15, 0.2) is 5.65 Å². The van der Waals surface area contributed by atoms with E-state index in [9.17, 15) is 8.42 Å². The van der Waals surface area contributed by atoms with E-state index in [0.717, 1.165) is 41.0 Å². The summed E-state index contributed by atoms with van der Waals surface area (Å²) in [6.07, 6.45) is 7.56. The van der Waals surface area contributed by atoms with Gasteiger partial charge in [-0.3, -0.25) is 0 Å². The number of aryl methyl sites for hydroxylation is 2. The molecule has 0 radical (unpaired) electrons. The predicted octanol–water partition coefficient (Wildman–Crippen LogP) is 4.03. The number of hydrogen-bond donors (Lipinski definition) is 1. The minimum absolute atomic E-state index is 0.155. The van der Waals surface area contributed by atoms with E-state index in [-0.39, 0.29) is 11.4 Å². The van der Waals surface area contributed by atoms with Crippen molar-refractivity contribution in [2.75, 3.05) is 0 Å². The highest BCUT2D eigenvalue weighted by Gasteiger charge is 2.23. The van der Waals surface area contributed by atoms with Crippen LogP contribution >= 0.6 is 0 Å². The van der Waals surface area contributed by atoms with Crippen molar-refractivity contribution >= 4 is 21.2 Å². The summed E-state index contributed by atoms with van der Waals surface area (Å²) in [5, 5.41) is 0. The zero-order valence-electron chi connectivity index (χ0n) is 16.4. The number of sulfonamides is 1. The Morgan fingerprint density at radius 1 is 1.11 bits per heavy atom. The number of fused-ring (bicyclic) bond motifs is 1. The second-order valence-electron chi connectivity index (χ2n) is 7.61. The Hall–Kier alpha value is -2.25. The SMILES string of the molecule is Cc1ccc(S(=O)(=O)NCc2nc3cccnc3n2C2CCCCC2)cc1C. The van der Waals surface area contributed by atoms with Crippen LogP contribution in [0.5, 0.6) is 0 Å². The van der Waals surface area contributed by atoms with Gasteiger partial charge in [0.1, 0.15) is 11.3 Å². The molecule has 1 aliphatic carbocycles. The molecule has 1 fully saturated rings. The summed E-state index contributed by atoms with van der Waals surface area (Å²) >= 11 is 0. The molecule has 1 N–H and O–H groups in total. The molecular formula is C21H26N4O2S. The largest absolute Gasteiger partial charge is 0.308 e. The van der Waals surface area contributed by atoms with Crippen molar-refractivity contribution in [3.05, 3.63) is 53.5 Å². The van der Waals surface area contributed by atoms with E-state index in [1.165, 1.54) is 19.3 Å². The number of nitrogens with one attached hydrogen (secondary N) is 1. The molecule has 1 aliphatic rings. The zero-order valence-corrected chi connectivity index (χ0v) is 17.2. The molecule has 0 aliphatic heterocycles. The van der Waals surface area contributed by atoms with Gasteiger partial charge in [0.2, 0.25) is 10.0 Å². The monoisotopic (exact) mass is 398 g/mol. The van der Waals surface area contributed by atoms with Gasteiger partial charge in [-0.15, -0.1) is 0 Å². The molecule has 0 atom stereocenters. The van der Waals surface area contributed by atoms with E-state index in [4.69, 9.17) is 0 Å². The van der Waals surface area contributed by atoms with Crippen molar-refractivity contribution in [2.45, 2.75) is 63.4 Å². The van der Waals surface area contributed by atoms with Crippen LogP contribution in [0.2, 0.25) is 0 Å². The third kappa shape index (κ3) is 3.69. The van der Waals surface area contributed by atoms with Crippen molar-refractivity contribution in [1.82, 2.24) is 19.3 Å². The van der Waals surface area contributed by atoms with Gasteiger partial charge in [-0.2, -0.15) is 0 Å². The van der Waals surface area contributed by atoms with Gasteiger partial charge < -0.3 is 4.57 Å². The van der Waals surface area contributed by atoms with Crippen LogP contribution < -0.4 is 4.72 Å². The summed E-state index contributed by atoms with van der Waals surface area (Å²) in [5.74, 6) is 0.730. The first kappa shape index (κ1) is 19.1. The first-order chi connectivity index (χ1) is 13.5. The summed E-state index contributed by atoms with van der Waals surface area (Å²) in [6.45, 7) is 4.04. The molecule has 4 rings (SSSR count). The first-order valence-corrected chi connectivity index (χ1v) is 11.3. The summed E-state index contributed by atoms with van der Waals surface area (Å²) in [6, 6.07) is 9.33. The molecule has 148 valence electrons. The van der Waals surface area contributed by atoms with Crippen LogP contribution in [0.15, 0.2) is 41.4 Å². The Balaban J connectivity index is 1.65. The highest BCUT2D eigenvalue weighted by Crippen LogP contribution is 2.32. The average molecular weight is 399 g/mol. The fraction of sp³-hybridized carbons (Fsp3) is 0.429. The van der Waals surface area contributed by atoms with Crippen molar-refractivity contribution in [1.29, 1.82) is 0 Å². The lowest BCUT2D eigenvalue weighted by Crippen LogP contribution is -2.26. The molecule has 6 nitrogen and oxygen atoms in total. The van der Waals surface area contributed by atoms with Gasteiger partial charge in [0, 0.05) is 12.2 Å².